The van der Waals surface area contributed by atoms with E-state index in [1.54, 1.807) is 6.92 Å². The van der Waals surface area contributed by atoms with Crippen molar-refractivity contribution in [3.8, 4) is 0 Å². The molecule has 0 saturated heterocycles. The highest BCUT2D eigenvalue weighted by molar-refractivity contribution is 6.50. The van der Waals surface area contributed by atoms with Crippen LogP contribution >= 0.6 is 0 Å². The smallest absolute Gasteiger partial charge is 0.418 e. The van der Waals surface area contributed by atoms with Crippen LogP contribution in [0.2, 0.25) is 0 Å². The average Bonchev–Trinajstić information content (AvgIpc) is 2.04. The van der Waals surface area contributed by atoms with Gasteiger partial charge in [0.1, 0.15) is 11.6 Å². The van der Waals surface area contributed by atoms with Crippen LogP contribution in [-0.4, -0.2) is 21.8 Å². The van der Waals surface area contributed by atoms with E-state index in [4.69, 9.17) is 0 Å². The number of aryl methyl sites for hydroxylation is 1. The molecule has 0 aromatic heterocycles. The Kier molecular flexibility index (Phi) is 12.6. The fourth-order valence-corrected chi connectivity index (χ4v) is 0.692. The molecule has 0 bridgehead atoms. The Morgan fingerprint density at radius 1 is 0.500 bits per heavy atom. The molecule has 1 aromatic carbocycles. The Bertz CT molecular complexity index is 352. The highest BCUT2D eigenvalue weighted by Crippen LogP contribution is 2.08. The van der Waals surface area contributed by atoms with Gasteiger partial charge in [-0.05, 0) is 24.6 Å². The Morgan fingerprint density at radius 3 is 0.792 bits per heavy atom. The number of hydrogen-bond acceptors (Lipinski definition) is 0. The Hall–Kier alpha value is -1.57. The average molecular weight is 389 g/mol. The van der Waals surface area contributed by atoms with Gasteiger partial charge in [0.15, 0.2) is 0 Å². The first-order chi connectivity index (χ1) is 10.2. The van der Waals surface area contributed by atoms with Crippen molar-refractivity contribution in [3.05, 3.63) is 35.4 Å². The maximum Gasteiger partial charge on any atom is 0.673 e. The van der Waals surface area contributed by atoms with Crippen LogP contribution in [-0.2, 0) is 0 Å². The van der Waals surface area contributed by atoms with Crippen LogP contribution in [0.3, 0.4) is 0 Å². The van der Waals surface area contributed by atoms with Crippen LogP contribution in [0, 0.1) is 18.6 Å². The fraction of sp³-hybridized carbons (Fsp3) is 0.143. The molecule has 0 aliphatic rings. The number of hydrogen-bond donors (Lipinski definition) is 0. The number of rotatable bonds is 0. The molecule has 144 valence electrons. The van der Waals surface area contributed by atoms with Gasteiger partial charge < -0.3 is 51.8 Å². The van der Waals surface area contributed by atoms with Gasteiger partial charge in [0.2, 0.25) is 0 Å². The Labute approximate surface area is 126 Å². The van der Waals surface area contributed by atoms with E-state index in [-0.39, 0.29) is 0 Å². The summed E-state index contributed by atoms with van der Waals surface area (Å²) in [5.74, 6) is -1.04. The summed E-state index contributed by atoms with van der Waals surface area (Å²) in [4.78, 5) is 0. The monoisotopic (exact) mass is 389 g/mol. The van der Waals surface area contributed by atoms with Crippen molar-refractivity contribution in [1.29, 1.82) is 0 Å². The van der Waals surface area contributed by atoms with E-state index in [2.05, 4.69) is 0 Å². The first-order valence-corrected chi connectivity index (χ1v) is 5.23. The molecule has 0 saturated carbocycles. The zero-order valence-corrected chi connectivity index (χ0v) is 11.3. The van der Waals surface area contributed by atoms with Crippen LogP contribution in [0.1, 0.15) is 5.56 Å². The summed E-state index contributed by atoms with van der Waals surface area (Å²) in [6.07, 6.45) is 0. The normalized spacial score (nSPS) is 11.1. The fourth-order valence-electron chi connectivity index (χ4n) is 0.692. The van der Waals surface area contributed by atoms with Crippen molar-refractivity contribution in [2.75, 3.05) is 0 Å². The molecule has 0 radical (unpaired) electrons. The quantitative estimate of drug-likeness (QED) is 0.368. The van der Waals surface area contributed by atoms with Gasteiger partial charge in [-0.2, -0.15) is 0 Å². The Balaban J connectivity index is -0.000000259. The molecular formula is C7H6B3F14-3. The zero-order chi connectivity index (χ0) is 20.4. The van der Waals surface area contributed by atoms with Crippen LogP contribution in [0.15, 0.2) is 18.2 Å². The summed E-state index contributed by atoms with van der Waals surface area (Å²) in [5, 5.41) is 0. The van der Waals surface area contributed by atoms with Gasteiger partial charge in [-0.25, -0.2) is 8.78 Å². The third-order valence-corrected chi connectivity index (χ3v) is 1.01. The standard InChI is InChI=1S/C7H6F2.3BF4/c1-5-2-6(8)4-7(9)3-5;3*2-1(3,4)5/h2-4H,1H3;;;/q;3*-1. The number of halogens is 14. The molecule has 0 aliphatic carbocycles. The van der Waals surface area contributed by atoms with E-state index in [0.29, 0.717) is 5.56 Å². The lowest BCUT2D eigenvalue weighted by Gasteiger charge is -1.94. The van der Waals surface area contributed by atoms with Gasteiger partial charge in [0, 0.05) is 6.07 Å². The topological polar surface area (TPSA) is 0 Å². The van der Waals surface area contributed by atoms with Crippen LogP contribution in [0.25, 0.3) is 0 Å². The predicted octanol–water partition coefficient (Wildman–Crippen LogP) is 6.17. The molecular weight excluding hydrogens is 382 g/mol. The summed E-state index contributed by atoms with van der Waals surface area (Å²) in [5.41, 5.74) is 0.604. The summed E-state index contributed by atoms with van der Waals surface area (Å²) in [7, 11) is -18.0. The second-order valence-electron chi connectivity index (χ2n) is 3.43. The molecule has 0 fully saturated rings. The first-order valence-electron chi connectivity index (χ1n) is 5.23. The van der Waals surface area contributed by atoms with Crippen molar-refractivity contribution >= 4 is 21.8 Å². The van der Waals surface area contributed by atoms with E-state index in [0.717, 1.165) is 6.07 Å². The summed E-state index contributed by atoms with van der Waals surface area (Å²) in [6, 6.07) is 3.42. The minimum Gasteiger partial charge on any atom is -0.418 e. The summed E-state index contributed by atoms with van der Waals surface area (Å²) in [6.45, 7) is 1.64. The van der Waals surface area contributed by atoms with Gasteiger partial charge in [0.05, 0.1) is 0 Å². The molecule has 0 heterocycles. The molecule has 0 N–H and O–H groups in total. The summed E-state index contributed by atoms with van der Waals surface area (Å²) < 4.78 is 141. The van der Waals surface area contributed by atoms with Crippen LogP contribution in [0.5, 0.6) is 0 Å². The van der Waals surface area contributed by atoms with E-state index in [1.807, 2.05) is 0 Å². The summed E-state index contributed by atoms with van der Waals surface area (Å²) >= 11 is 0. The molecule has 0 nitrogen and oxygen atoms in total. The molecule has 17 heteroatoms. The van der Waals surface area contributed by atoms with Crippen molar-refractivity contribution in [2.24, 2.45) is 0 Å². The Morgan fingerprint density at radius 2 is 0.667 bits per heavy atom. The van der Waals surface area contributed by atoms with Gasteiger partial charge >= 0.3 is 21.8 Å². The van der Waals surface area contributed by atoms with E-state index in [1.165, 1.54) is 12.1 Å². The third kappa shape index (κ3) is 70.9. The maximum atomic E-state index is 12.2. The lowest BCUT2D eigenvalue weighted by molar-refractivity contribution is 0.366. The van der Waals surface area contributed by atoms with Gasteiger partial charge in [0.25, 0.3) is 0 Å². The SMILES string of the molecule is Cc1cc(F)cc(F)c1.F[B-](F)(F)F.F[B-](F)(F)F.F[B-](F)(F)F. The molecule has 0 unspecified atom stereocenters. The second kappa shape index (κ2) is 11.1. The van der Waals surface area contributed by atoms with Gasteiger partial charge in [-0.15, -0.1) is 0 Å². The van der Waals surface area contributed by atoms with Crippen LogP contribution < -0.4 is 0 Å². The first kappa shape index (κ1) is 27.3. The van der Waals surface area contributed by atoms with Crippen molar-refractivity contribution < 1.29 is 60.6 Å². The van der Waals surface area contributed by atoms with Crippen LogP contribution in [0.4, 0.5) is 60.6 Å². The maximum absolute atomic E-state index is 12.2. The molecule has 1 aromatic rings. The molecule has 0 spiro atoms. The minimum absolute atomic E-state index is 0.521. The third-order valence-electron chi connectivity index (χ3n) is 1.01. The van der Waals surface area contributed by atoms with E-state index >= 15 is 0 Å². The largest absolute Gasteiger partial charge is 0.673 e. The highest BCUT2D eigenvalue weighted by atomic mass is 19.5. The van der Waals surface area contributed by atoms with Crippen molar-refractivity contribution in [1.82, 2.24) is 0 Å². The second-order valence-corrected chi connectivity index (χ2v) is 3.43. The molecule has 24 heavy (non-hydrogen) atoms. The highest BCUT2D eigenvalue weighted by Gasteiger charge is 2.21. The van der Waals surface area contributed by atoms with Gasteiger partial charge in [-0.1, -0.05) is 0 Å². The molecule has 0 atom stereocenters. The zero-order valence-electron chi connectivity index (χ0n) is 11.3. The van der Waals surface area contributed by atoms with Crippen molar-refractivity contribution in [3.63, 3.8) is 0 Å². The lowest BCUT2D eigenvalue weighted by atomic mass is 10.2. The lowest BCUT2D eigenvalue weighted by Crippen LogP contribution is -2.02. The molecule has 1 rings (SSSR count). The molecule has 0 aliphatic heterocycles. The number of benzene rings is 1. The molecule has 0 amide bonds. The predicted molar refractivity (Wildman–Crippen MR) is 61.7 cm³/mol. The van der Waals surface area contributed by atoms with Gasteiger partial charge in [-0.3, -0.25) is 0 Å². The van der Waals surface area contributed by atoms with Crippen molar-refractivity contribution in [2.45, 2.75) is 6.92 Å². The minimum atomic E-state index is -6.00. The van der Waals surface area contributed by atoms with E-state index < -0.39 is 33.4 Å². The van der Waals surface area contributed by atoms with E-state index in [9.17, 15) is 60.6 Å².